The van der Waals surface area contributed by atoms with Crippen molar-refractivity contribution < 1.29 is 9.53 Å². The first-order valence-corrected chi connectivity index (χ1v) is 8.06. The van der Waals surface area contributed by atoms with E-state index in [2.05, 4.69) is 38.5 Å². The molecule has 0 spiro atoms. The molecule has 0 saturated carbocycles. The first-order valence-electron chi connectivity index (χ1n) is 5.86. The zero-order valence-electron chi connectivity index (χ0n) is 10.1. The summed E-state index contributed by atoms with van der Waals surface area (Å²) in [7, 11) is 0. The van der Waals surface area contributed by atoms with Crippen LogP contribution in [0.15, 0.2) is 24.3 Å². The van der Waals surface area contributed by atoms with Gasteiger partial charge in [0.15, 0.2) is 0 Å². The summed E-state index contributed by atoms with van der Waals surface area (Å²) in [6, 6.07) is 7.82. The van der Waals surface area contributed by atoms with Gasteiger partial charge in [0, 0.05) is 21.0 Å². The second kappa shape index (κ2) is 6.34. The van der Waals surface area contributed by atoms with E-state index in [9.17, 15) is 4.79 Å². The van der Waals surface area contributed by atoms with E-state index in [0.717, 1.165) is 14.5 Å². The van der Waals surface area contributed by atoms with Gasteiger partial charge in [0.1, 0.15) is 0 Å². The molecule has 0 N–H and O–H groups in total. The van der Waals surface area contributed by atoms with E-state index in [0.29, 0.717) is 13.2 Å². The van der Waals surface area contributed by atoms with Crippen molar-refractivity contribution in [1.29, 1.82) is 0 Å². The van der Waals surface area contributed by atoms with Gasteiger partial charge in [-0.2, -0.15) is 0 Å². The molecule has 1 aliphatic rings. The second-order valence-electron chi connectivity index (χ2n) is 4.42. The van der Waals surface area contributed by atoms with Gasteiger partial charge in [-0.25, -0.2) is 0 Å². The Morgan fingerprint density at radius 2 is 2.17 bits per heavy atom. The van der Waals surface area contributed by atoms with Gasteiger partial charge >= 0.3 is 0 Å². The zero-order valence-corrected chi connectivity index (χ0v) is 13.8. The molecule has 1 saturated heterocycles. The Balaban J connectivity index is 2.13. The van der Waals surface area contributed by atoms with Gasteiger partial charge in [-0.15, -0.1) is 0 Å². The average Bonchev–Trinajstić information content (AvgIpc) is 2.39. The molecule has 1 aliphatic heterocycles. The predicted molar refractivity (Wildman–Crippen MR) is 83.2 cm³/mol. The summed E-state index contributed by atoms with van der Waals surface area (Å²) >= 11 is 5.65. The molecule has 1 aromatic rings. The highest BCUT2D eigenvalue weighted by Crippen LogP contribution is 2.17. The highest BCUT2D eigenvalue weighted by Gasteiger charge is 2.29. The molecule has 98 valence electrons. The number of hydrogen-bond acceptors (Lipinski definition) is 2. The minimum Gasteiger partial charge on any atom is -0.373 e. The minimum atomic E-state index is 0.0909. The highest BCUT2D eigenvalue weighted by atomic mass is 127. The van der Waals surface area contributed by atoms with Gasteiger partial charge in [0.05, 0.1) is 18.8 Å². The van der Waals surface area contributed by atoms with Crippen molar-refractivity contribution >= 4 is 44.4 Å². The molecule has 1 heterocycles. The molecular weight excluding hydrogens is 409 g/mol. The van der Waals surface area contributed by atoms with Crippen LogP contribution in [0, 0.1) is 3.57 Å². The fraction of sp³-hybridized carbons (Fsp3) is 0.462. The van der Waals surface area contributed by atoms with Crippen molar-refractivity contribution in [2.45, 2.75) is 19.1 Å². The second-order valence-corrected chi connectivity index (χ2v) is 6.32. The monoisotopic (exact) mass is 423 g/mol. The van der Waals surface area contributed by atoms with Crippen molar-refractivity contribution in [3.05, 3.63) is 33.4 Å². The molecule has 1 fully saturated rings. The SMILES string of the molecule is CC1COC(CBr)CN1C(=O)c1ccc(I)cc1. The summed E-state index contributed by atoms with van der Waals surface area (Å²) < 4.78 is 6.77. The lowest BCUT2D eigenvalue weighted by Gasteiger charge is -2.37. The first-order chi connectivity index (χ1) is 8.61. The number of amides is 1. The van der Waals surface area contributed by atoms with E-state index in [1.54, 1.807) is 0 Å². The van der Waals surface area contributed by atoms with E-state index >= 15 is 0 Å². The van der Waals surface area contributed by atoms with Crippen LogP contribution in [0.4, 0.5) is 0 Å². The predicted octanol–water partition coefficient (Wildman–Crippen LogP) is 2.92. The van der Waals surface area contributed by atoms with Gasteiger partial charge in [-0.1, -0.05) is 15.9 Å². The smallest absolute Gasteiger partial charge is 0.254 e. The normalized spacial score (nSPS) is 24.1. The van der Waals surface area contributed by atoms with Crippen molar-refractivity contribution in [3.63, 3.8) is 0 Å². The maximum absolute atomic E-state index is 12.4. The number of hydrogen-bond donors (Lipinski definition) is 0. The molecule has 0 aromatic heterocycles. The van der Waals surface area contributed by atoms with Gasteiger partial charge < -0.3 is 9.64 Å². The fourth-order valence-electron chi connectivity index (χ4n) is 1.95. The zero-order chi connectivity index (χ0) is 13.1. The van der Waals surface area contributed by atoms with Gasteiger partial charge in [-0.05, 0) is 53.8 Å². The lowest BCUT2D eigenvalue weighted by Crippen LogP contribution is -2.51. The van der Waals surface area contributed by atoms with Crippen LogP contribution in [-0.2, 0) is 4.74 Å². The Kier molecular flexibility index (Phi) is 5.03. The van der Waals surface area contributed by atoms with Gasteiger partial charge in [0.25, 0.3) is 5.91 Å². The van der Waals surface area contributed by atoms with E-state index in [-0.39, 0.29) is 18.1 Å². The van der Waals surface area contributed by atoms with Crippen LogP contribution in [0.1, 0.15) is 17.3 Å². The van der Waals surface area contributed by atoms with Crippen molar-refractivity contribution in [2.75, 3.05) is 18.5 Å². The molecule has 2 unspecified atom stereocenters. The Hall–Kier alpha value is -0.140. The van der Waals surface area contributed by atoms with E-state index in [1.165, 1.54) is 0 Å². The molecular formula is C13H15BrINO2. The topological polar surface area (TPSA) is 29.5 Å². The maximum atomic E-state index is 12.4. The minimum absolute atomic E-state index is 0.0909. The number of ether oxygens (including phenoxy) is 1. The average molecular weight is 424 g/mol. The summed E-state index contributed by atoms with van der Waals surface area (Å²) in [6.45, 7) is 3.28. The van der Waals surface area contributed by atoms with Crippen molar-refractivity contribution in [3.8, 4) is 0 Å². The summed E-state index contributed by atoms with van der Waals surface area (Å²) in [4.78, 5) is 14.3. The number of nitrogens with zero attached hydrogens (tertiary/aromatic N) is 1. The van der Waals surface area contributed by atoms with Crippen LogP contribution < -0.4 is 0 Å². The molecule has 0 bridgehead atoms. The first kappa shape index (κ1) is 14.3. The molecule has 1 aromatic carbocycles. The van der Waals surface area contributed by atoms with Crippen molar-refractivity contribution in [2.24, 2.45) is 0 Å². The summed E-state index contributed by atoms with van der Waals surface area (Å²) in [6.07, 6.45) is 0.0917. The molecule has 2 atom stereocenters. The quantitative estimate of drug-likeness (QED) is 0.540. The lowest BCUT2D eigenvalue weighted by atomic mass is 10.1. The summed E-state index contributed by atoms with van der Waals surface area (Å²) in [5.41, 5.74) is 0.748. The van der Waals surface area contributed by atoms with Crippen LogP contribution in [0.2, 0.25) is 0 Å². The van der Waals surface area contributed by atoms with Crippen LogP contribution in [0.25, 0.3) is 0 Å². The molecule has 0 radical (unpaired) electrons. The Bertz CT molecular complexity index is 424. The lowest BCUT2D eigenvalue weighted by molar-refractivity contribution is -0.0361. The number of carbonyl (C=O) groups excluding carboxylic acids is 1. The standard InChI is InChI=1S/C13H15BrINO2/c1-9-8-18-12(6-14)7-16(9)13(17)10-2-4-11(15)5-3-10/h2-5,9,12H,6-8H2,1H3. The van der Waals surface area contributed by atoms with E-state index in [1.807, 2.05) is 36.1 Å². The van der Waals surface area contributed by atoms with E-state index < -0.39 is 0 Å². The number of morpholine rings is 1. The third-order valence-corrected chi connectivity index (χ3v) is 4.47. The maximum Gasteiger partial charge on any atom is 0.254 e. The number of rotatable bonds is 2. The third kappa shape index (κ3) is 3.24. The molecule has 5 heteroatoms. The fourth-order valence-corrected chi connectivity index (χ4v) is 2.70. The number of halogens is 2. The Morgan fingerprint density at radius 3 is 2.78 bits per heavy atom. The van der Waals surface area contributed by atoms with Crippen LogP contribution >= 0.6 is 38.5 Å². The molecule has 18 heavy (non-hydrogen) atoms. The summed E-state index contributed by atoms with van der Waals surface area (Å²) in [5.74, 6) is 0.0909. The Labute approximate surface area is 129 Å². The summed E-state index contributed by atoms with van der Waals surface area (Å²) in [5, 5.41) is 0.760. The van der Waals surface area contributed by atoms with E-state index in [4.69, 9.17) is 4.74 Å². The molecule has 3 nitrogen and oxygen atoms in total. The molecule has 2 rings (SSSR count). The molecule has 0 aliphatic carbocycles. The molecule has 1 amide bonds. The van der Waals surface area contributed by atoms with Gasteiger partial charge in [0.2, 0.25) is 0 Å². The number of benzene rings is 1. The van der Waals surface area contributed by atoms with Crippen LogP contribution in [0.3, 0.4) is 0 Å². The highest BCUT2D eigenvalue weighted by molar-refractivity contribution is 14.1. The largest absolute Gasteiger partial charge is 0.373 e. The van der Waals surface area contributed by atoms with Gasteiger partial charge in [-0.3, -0.25) is 4.79 Å². The van der Waals surface area contributed by atoms with Crippen LogP contribution in [-0.4, -0.2) is 41.4 Å². The Morgan fingerprint density at radius 1 is 1.50 bits per heavy atom. The number of carbonyl (C=O) groups is 1. The third-order valence-electron chi connectivity index (χ3n) is 3.03. The van der Waals surface area contributed by atoms with Crippen LogP contribution in [0.5, 0.6) is 0 Å². The number of alkyl halides is 1. The van der Waals surface area contributed by atoms with Crippen molar-refractivity contribution in [1.82, 2.24) is 4.90 Å².